The lowest BCUT2D eigenvalue weighted by molar-refractivity contribution is 0.474. The molecule has 0 aliphatic carbocycles. The number of phenols is 1. The van der Waals surface area contributed by atoms with E-state index in [9.17, 15) is 5.11 Å². The van der Waals surface area contributed by atoms with Gasteiger partial charge in [0.05, 0.1) is 5.69 Å². The van der Waals surface area contributed by atoms with Gasteiger partial charge < -0.3 is 10.8 Å². The second-order valence-corrected chi connectivity index (χ2v) is 3.41. The maximum atomic E-state index is 9.53. The van der Waals surface area contributed by atoms with Gasteiger partial charge in [0.25, 0.3) is 0 Å². The molecule has 3 N–H and O–H groups in total. The first-order chi connectivity index (χ1) is 7.75. The lowest BCUT2D eigenvalue weighted by Crippen LogP contribution is -1.83. The molecule has 0 atom stereocenters. The number of nitrogen functional groups attached to an aromatic ring is 1. The Hall–Kier alpha value is -2.29. The fraction of sp³-hybridized carbons (Fsp3) is 0. The number of anilines is 1. The van der Waals surface area contributed by atoms with Crippen LogP contribution in [0, 0.1) is 0 Å². The molecule has 0 aliphatic rings. The Bertz CT molecular complexity index is 521. The van der Waals surface area contributed by atoms with Crippen LogP contribution in [0.2, 0.25) is 0 Å². The topological polar surface area (TPSA) is 58.6 Å². The van der Waals surface area contributed by atoms with Crippen molar-refractivity contribution in [2.75, 3.05) is 5.73 Å². The second-order valence-electron chi connectivity index (χ2n) is 3.41. The van der Waals surface area contributed by atoms with E-state index in [1.165, 1.54) is 0 Å². The van der Waals surface area contributed by atoms with Gasteiger partial charge in [0.2, 0.25) is 0 Å². The van der Waals surface area contributed by atoms with Crippen molar-refractivity contribution < 1.29 is 5.11 Å². The minimum absolute atomic E-state index is 0.218. The summed E-state index contributed by atoms with van der Waals surface area (Å²) in [5, 5.41) is 9.53. The van der Waals surface area contributed by atoms with Gasteiger partial charge in [-0.15, -0.1) is 0 Å². The number of rotatable bonds is 2. The quantitative estimate of drug-likeness (QED) is 0.594. The Morgan fingerprint density at radius 1 is 1.06 bits per heavy atom. The van der Waals surface area contributed by atoms with Crippen molar-refractivity contribution in [2.45, 2.75) is 0 Å². The predicted octanol–water partition coefficient (Wildman–Crippen LogP) is 2.73. The van der Waals surface area contributed by atoms with E-state index >= 15 is 0 Å². The molecule has 0 bridgehead atoms. The summed E-state index contributed by atoms with van der Waals surface area (Å²) in [6.45, 7) is 0. The number of para-hydroxylation sites is 1. The first-order valence-corrected chi connectivity index (χ1v) is 4.93. The van der Waals surface area contributed by atoms with E-state index in [1.54, 1.807) is 36.5 Å². The molecule has 2 aromatic rings. The highest BCUT2D eigenvalue weighted by atomic mass is 16.3. The average Bonchev–Trinajstić information content (AvgIpc) is 2.28. The maximum Gasteiger partial charge on any atom is 0.124 e. The zero-order valence-electron chi connectivity index (χ0n) is 8.67. The van der Waals surface area contributed by atoms with Crippen molar-refractivity contribution in [3.63, 3.8) is 0 Å². The third kappa shape index (κ3) is 2.39. The van der Waals surface area contributed by atoms with Crippen LogP contribution < -0.4 is 5.73 Å². The highest BCUT2D eigenvalue weighted by Gasteiger charge is 1.95. The smallest absolute Gasteiger partial charge is 0.124 e. The fourth-order valence-corrected chi connectivity index (χ4v) is 1.35. The molecule has 0 spiro atoms. The number of aromatic hydroxyl groups is 1. The fourth-order valence-electron chi connectivity index (χ4n) is 1.35. The number of nitrogens with two attached hydrogens (primary N) is 1. The third-order valence-corrected chi connectivity index (χ3v) is 2.16. The van der Waals surface area contributed by atoms with Crippen LogP contribution in [0.4, 0.5) is 11.4 Å². The van der Waals surface area contributed by atoms with Gasteiger partial charge in [-0.05, 0) is 30.3 Å². The summed E-state index contributed by atoms with van der Waals surface area (Å²) in [4.78, 5) is 4.23. The molecule has 0 amide bonds. The van der Waals surface area contributed by atoms with Gasteiger partial charge in [0.15, 0.2) is 0 Å². The highest BCUT2D eigenvalue weighted by Crippen LogP contribution is 2.17. The SMILES string of the molecule is Nc1cccc(/N=C/c2ccccc2O)c1. The molecule has 0 radical (unpaired) electrons. The molecule has 0 heterocycles. The molecule has 3 nitrogen and oxygen atoms in total. The van der Waals surface area contributed by atoms with E-state index in [-0.39, 0.29) is 5.75 Å². The second kappa shape index (κ2) is 4.49. The Morgan fingerprint density at radius 3 is 2.62 bits per heavy atom. The number of aliphatic imine (C=N–C) groups is 1. The summed E-state index contributed by atoms with van der Waals surface area (Å²) in [5.74, 6) is 0.218. The van der Waals surface area contributed by atoms with Crippen molar-refractivity contribution in [2.24, 2.45) is 4.99 Å². The molecular formula is C13H12N2O. The van der Waals surface area contributed by atoms with Gasteiger partial charge in [-0.3, -0.25) is 4.99 Å². The summed E-state index contributed by atoms with van der Waals surface area (Å²) >= 11 is 0. The molecular weight excluding hydrogens is 200 g/mol. The van der Waals surface area contributed by atoms with E-state index in [1.807, 2.05) is 18.2 Å². The molecule has 3 heteroatoms. The lowest BCUT2D eigenvalue weighted by atomic mass is 10.2. The van der Waals surface area contributed by atoms with Crippen molar-refractivity contribution >= 4 is 17.6 Å². The van der Waals surface area contributed by atoms with E-state index in [0.717, 1.165) is 5.69 Å². The molecule has 0 fully saturated rings. The first-order valence-electron chi connectivity index (χ1n) is 4.93. The Morgan fingerprint density at radius 2 is 1.88 bits per heavy atom. The molecule has 16 heavy (non-hydrogen) atoms. The lowest BCUT2D eigenvalue weighted by Gasteiger charge is -1.98. The van der Waals surface area contributed by atoms with Crippen LogP contribution in [0.1, 0.15) is 5.56 Å². The number of phenolic OH excluding ortho intramolecular Hbond substituents is 1. The Balaban J connectivity index is 2.25. The summed E-state index contributed by atoms with van der Waals surface area (Å²) in [7, 11) is 0. The van der Waals surface area contributed by atoms with Crippen LogP contribution in [0.5, 0.6) is 5.75 Å². The van der Waals surface area contributed by atoms with E-state index in [4.69, 9.17) is 5.73 Å². The predicted molar refractivity (Wildman–Crippen MR) is 66.2 cm³/mol. The Kier molecular flexibility index (Phi) is 2.87. The summed E-state index contributed by atoms with van der Waals surface area (Å²) < 4.78 is 0. The highest BCUT2D eigenvalue weighted by molar-refractivity contribution is 5.85. The molecule has 2 rings (SSSR count). The summed E-state index contributed by atoms with van der Waals surface area (Å²) in [6, 6.07) is 14.3. The minimum atomic E-state index is 0.218. The molecule has 2 aromatic carbocycles. The van der Waals surface area contributed by atoms with Gasteiger partial charge in [0, 0.05) is 17.5 Å². The van der Waals surface area contributed by atoms with Crippen molar-refractivity contribution in [3.05, 3.63) is 54.1 Å². The normalized spacial score (nSPS) is 10.8. The molecule has 80 valence electrons. The maximum absolute atomic E-state index is 9.53. The van der Waals surface area contributed by atoms with Crippen molar-refractivity contribution in [1.82, 2.24) is 0 Å². The van der Waals surface area contributed by atoms with Crippen molar-refractivity contribution in [3.8, 4) is 5.75 Å². The first kappa shape index (κ1) is 10.2. The average molecular weight is 212 g/mol. The number of hydrogen-bond donors (Lipinski definition) is 2. The molecule has 0 aromatic heterocycles. The molecule has 0 aliphatic heterocycles. The van der Waals surface area contributed by atoms with Crippen LogP contribution in [0.3, 0.4) is 0 Å². The number of hydrogen-bond acceptors (Lipinski definition) is 3. The van der Waals surface area contributed by atoms with Crippen LogP contribution in [0.25, 0.3) is 0 Å². The van der Waals surface area contributed by atoms with E-state index in [2.05, 4.69) is 4.99 Å². The Labute approximate surface area is 93.9 Å². The largest absolute Gasteiger partial charge is 0.507 e. The van der Waals surface area contributed by atoms with Crippen LogP contribution in [-0.4, -0.2) is 11.3 Å². The van der Waals surface area contributed by atoms with E-state index < -0.39 is 0 Å². The van der Waals surface area contributed by atoms with Crippen LogP contribution in [-0.2, 0) is 0 Å². The van der Waals surface area contributed by atoms with Gasteiger partial charge in [-0.1, -0.05) is 18.2 Å². The number of nitrogens with zero attached hydrogens (tertiary/aromatic N) is 1. The molecule has 0 unspecified atom stereocenters. The van der Waals surface area contributed by atoms with E-state index in [0.29, 0.717) is 11.3 Å². The zero-order chi connectivity index (χ0) is 11.4. The number of benzene rings is 2. The molecule has 0 saturated carbocycles. The third-order valence-electron chi connectivity index (χ3n) is 2.16. The van der Waals surface area contributed by atoms with Gasteiger partial charge in [0.1, 0.15) is 5.75 Å². The van der Waals surface area contributed by atoms with Gasteiger partial charge >= 0.3 is 0 Å². The van der Waals surface area contributed by atoms with Crippen molar-refractivity contribution in [1.29, 1.82) is 0 Å². The molecule has 0 saturated heterocycles. The monoisotopic (exact) mass is 212 g/mol. The van der Waals surface area contributed by atoms with Gasteiger partial charge in [-0.25, -0.2) is 0 Å². The standard InChI is InChI=1S/C13H12N2O/c14-11-5-3-6-12(8-11)15-9-10-4-1-2-7-13(10)16/h1-9,16H,14H2/b15-9+. The van der Waals surface area contributed by atoms with Gasteiger partial charge in [-0.2, -0.15) is 0 Å². The summed E-state index contributed by atoms with van der Waals surface area (Å²) in [6.07, 6.45) is 1.62. The zero-order valence-corrected chi connectivity index (χ0v) is 8.67. The van der Waals surface area contributed by atoms with Crippen LogP contribution in [0.15, 0.2) is 53.5 Å². The van der Waals surface area contributed by atoms with Crippen LogP contribution >= 0.6 is 0 Å². The summed E-state index contributed by atoms with van der Waals surface area (Å²) in [5.41, 5.74) is 7.76. The minimum Gasteiger partial charge on any atom is -0.507 e.